The summed E-state index contributed by atoms with van der Waals surface area (Å²) in [6, 6.07) is 4.79. The van der Waals surface area contributed by atoms with Gasteiger partial charge in [-0.05, 0) is 31.0 Å². The van der Waals surface area contributed by atoms with Gasteiger partial charge in [-0.3, -0.25) is 4.79 Å². The molecule has 1 heterocycles. The molecule has 1 aromatic carbocycles. The van der Waals surface area contributed by atoms with Crippen LogP contribution in [0.1, 0.15) is 36.0 Å². The zero-order valence-electron chi connectivity index (χ0n) is 10.8. The molecule has 1 fully saturated rings. The molecule has 104 valence electrons. The second-order valence-electron chi connectivity index (χ2n) is 4.92. The van der Waals surface area contributed by atoms with Crippen molar-refractivity contribution in [3.8, 4) is 0 Å². The molecule has 1 atom stereocenters. The molecule has 0 aromatic heterocycles. The van der Waals surface area contributed by atoms with Gasteiger partial charge < -0.3 is 15.7 Å². The summed E-state index contributed by atoms with van der Waals surface area (Å²) in [5.74, 6) is -0.116. The van der Waals surface area contributed by atoms with Crippen LogP contribution in [0.5, 0.6) is 0 Å². The van der Waals surface area contributed by atoms with E-state index in [2.05, 4.69) is 0 Å². The Balaban J connectivity index is 2.25. The average molecular weight is 283 g/mol. The van der Waals surface area contributed by atoms with E-state index in [0.29, 0.717) is 22.8 Å². The molecule has 0 aliphatic carbocycles. The molecule has 1 aliphatic rings. The maximum Gasteiger partial charge on any atom is 0.256 e. The Morgan fingerprint density at radius 3 is 2.89 bits per heavy atom. The first-order chi connectivity index (χ1) is 9.13. The number of carbonyl (C=O) groups excluding carboxylic acids is 1. The number of halogens is 1. The number of nitrogens with two attached hydrogens (primary N) is 1. The van der Waals surface area contributed by atoms with Crippen molar-refractivity contribution in [2.45, 2.75) is 31.7 Å². The van der Waals surface area contributed by atoms with E-state index in [-0.39, 0.29) is 18.6 Å². The molecule has 4 nitrogen and oxygen atoms in total. The first kappa shape index (κ1) is 14.2. The minimum atomic E-state index is -0.116. The first-order valence-electron chi connectivity index (χ1n) is 6.60. The van der Waals surface area contributed by atoms with Gasteiger partial charge in [0.1, 0.15) is 0 Å². The number of hydrogen-bond acceptors (Lipinski definition) is 3. The molecule has 0 saturated carbocycles. The molecule has 1 saturated heterocycles. The van der Waals surface area contributed by atoms with E-state index >= 15 is 0 Å². The zero-order chi connectivity index (χ0) is 13.8. The molecule has 5 heteroatoms. The lowest BCUT2D eigenvalue weighted by Crippen LogP contribution is -2.42. The summed E-state index contributed by atoms with van der Waals surface area (Å²) in [4.78, 5) is 14.3. The Morgan fingerprint density at radius 1 is 1.42 bits per heavy atom. The van der Waals surface area contributed by atoms with Gasteiger partial charge in [-0.1, -0.05) is 24.4 Å². The van der Waals surface area contributed by atoms with Crippen LogP contribution >= 0.6 is 11.6 Å². The Morgan fingerprint density at radius 2 is 2.21 bits per heavy atom. The van der Waals surface area contributed by atoms with E-state index in [1.54, 1.807) is 23.1 Å². The fourth-order valence-electron chi connectivity index (χ4n) is 2.52. The van der Waals surface area contributed by atoms with Gasteiger partial charge in [0.25, 0.3) is 5.91 Å². The number of hydrogen-bond donors (Lipinski definition) is 2. The van der Waals surface area contributed by atoms with E-state index in [1.807, 2.05) is 0 Å². The lowest BCUT2D eigenvalue weighted by atomic mass is 10.1. The number of rotatable bonds is 2. The molecular weight excluding hydrogens is 264 g/mol. The minimum absolute atomic E-state index is 0.000759. The Kier molecular flexibility index (Phi) is 4.66. The third-order valence-corrected chi connectivity index (χ3v) is 3.83. The van der Waals surface area contributed by atoms with Crippen molar-refractivity contribution in [1.82, 2.24) is 4.90 Å². The lowest BCUT2D eigenvalue weighted by Gasteiger charge is -2.29. The van der Waals surface area contributed by atoms with Crippen molar-refractivity contribution in [3.05, 3.63) is 28.8 Å². The van der Waals surface area contributed by atoms with Crippen LogP contribution in [-0.2, 0) is 0 Å². The van der Waals surface area contributed by atoms with Gasteiger partial charge in [0, 0.05) is 17.3 Å². The molecule has 0 bridgehead atoms. The molecule has 1 aliphatic heterocycles. The van der Waals surface area contributed by atoms with Crippen molar-refractivity contribution in [1.29, 1.82) is 0 Å². The van der Waals surface area contributed by atoms with Crippen molar-refractivity contribution >= 4 is 23.2 Å². The standard InChI is InChI=1S/C14H19ClN2O2/c15-10-5-6-12(13(16)8-10)14(19)17-7-3-1-2-4-11(17)9-18/h5-6,8,11,18H,1-4,7,9,16H2. The average Bonchev–Trinajstić information content (AvgIpc) is 2.63. The second kappa shape index (κ2) is 6.26. The minimum Gasteiger partial charge on any atom is -0.398 e. The highest BCUT2D eigenvalue weighted by molar-refractivity contribution is 6.31. The summed E-state index contributed by atoms with van der Waals surface area (Å²) < 4.78 is 0. The Bertz CT molecular complexity index is 465. The van der Waals surface area contributed by atoms with E-state index in [4.69, 9.17) is 17.3 Å². The largest absolute Gasteiger partial charge is 0.398 e. The van der Waals surface area contributed by atoms with Gasteiger partial charge in [-0.15, -0.1) is 0 Å². The third-order valence-electron chi connectivity index (χ3n) is 3.59. The number of likely N-dealkylation sites (tertiary alicyclic amines) is 1. The number of aliphatic hydroxyl groups is 1. The third kappa shape index (κ3) is 3.19. The fraction of sp³-hybridized carbons (Fsp3) is 0.500. The van der Waals surface area contributed by atoms with E-state index < -0.39 is 0 Å². The molecule has 3 N–H and O–H groups in total. The van der Waals surface area contributed by atoms with Crippen LogP contribution in [-0.4, -0.2) is 35.1 Å². The van der Waals surface area contributed by atoms with E-state index in [9.17, 15) is 9.90 Å². The SMILES string of the molecule is Nc1cc(Cl)ccc1C(=O)N1CCCCCC1CO. The van der Waals surface area contributed by atoms with Crippen LogP contribution < -0.4 is 5.73 Å². The number of carbonyl (C=O) groups is 1. The van der Waals surface area contributed by atoms with Crippen LogP contribution in [0.25, 0.3) is 0 Å². The molecule has 1 unspecified atom stereocenters. The number of amides is 1. The van der Waals surface area contributed by atoms with Crippen LogP contribution in [0.3, 0.4) is 0 Å². The Labute approximate surface area is 118 Å². The van der Waals surface area contributed by atoms with Crippen molar-refractivity contribution < 1.29 is 9.90 Å². The van der Waals surface area contributed by atoms with Crippen LogP contribution in [0.4, 0.5) is 5.69 Å². The predicted molar refractivity (Wildman–Crippen MR) is 76.2 cm³/mol. The van der Waals surface area contributed by atoms with Gasteiger partial charge >= 0.3 is 0 Å². The topological polar surface area (TPSA) is 66.6 Å². The number of anilines is 1. The fourth-order valence-corrected chi connectivity index (χ4v) is 2.70. The summed E-state index contributed by atoms with van der Waals surface area (Å²) >= 11 is 5.84. The quantitative estimate of drug-likeness (QED) is 0.818. The maximum atomic E-state index is 12.5. The summed E-state index contributed by atoms with van der Waals surface area (Å²) in [7, 11) is 0. The smallest absolute Gasteiger partial charge is 0.256 e. The monoisotopic (exact) mass is 282 g/mol. The molecule has 19 heavy (non-hydrogen) atoms. The number of nitrogens with zero attached hydrogens (tertiary/aromatic N) is 1. The lowest BCUT2D eigenvalue weighted by molar-refractivity contribution is 0.0601. The summed E-state index contributed by atoms with van der Waals surface area (Å²) in [6.45, 7) is 0.672. The predicted octanol–water partition coefficient (Wildman–Crippen LogP) is 2.30. The normalized spacial score (nSPS) is 20.1. The number of nitrogen functional groups attached to an aromatic ring is 1. The van der Waals surface area contributed by atoms with E-state index in [0.717, 1.165) is 25.7 Å². The molecule has 0 radical (unpaired) electrons. The van der Waals surface area contributed by atoms with Gasteiger partial charge in [-0.25, -0.2) is 0 Å². The number of benzene rings is 1. The summed E-state index contributed by atoms with van der Waals surface area (Å²) in [5, 5.41) is 9.97. The van der Waals surface area contributed by atoms with Crippen molar-refractivity contribution in [2.75, 3.05) is 18.9 Å². The van der Waals surface area contributed by atoms with Crippen LogP contribution in [0.15, 0.2) is 18.2 Å². The van der Waals surface area contributed by atoms with Crippen molar-refractivity contribution in [2.24, 2.45) is 0 Å². The zero-order valence-corrected chi connectivity index (χ0v) is 11.6. The number of aliphatic hydroxyl groups excluding tert-OH is 1. The molecular formula is C14H19ClN2O2. The van der Waals surface area contributed by atoms with Gasteiger partial charge in [0.2, 0.25) is 0 Å². The highest BCUT2D eigenvalue weighted by Crippen LogP contribution is 2.23. The molecule has 1 amide bonds. The van der Waals surface area contributed by atoms with Crippen LogP contribution in [0, 0.1) is 0 Å². The summed E-state index contributed by atoms with van der Waals surface area (Å²) in [5.41, 5.74) is 6.71. The van der Waals surface area contributed by atoms with E-state index in [1.165, 1.54) is 0 Å². The maximum absolute atomic E-state index is 12.5. The highest BCUT2D eigenvalue weighted by Gasteiger charge is 2.26. The Hall–Kier alpha value is -1.26. The molecule has 0 spiro atoms. The molecule has 2 rings (SSSR count). The summed E-state index contributed by atoms with van der Waals surface area (Å²) in [6.07, 6.45) is 3.95. The van der Waals surface area contributed by atoms with Gasteiger partial charge in [0.05, 0.1) is 18.2 Å². The highest BCUT2D eigenvalue weighted by atomic mass is 35.5. The molecule has 1 aromatic rings. The van der Waals surface area contributed by atoms with Crippen LogP contribution in [0.2, 0.25) is 5.02 Å². The van der Waals surface area contributed by atoms with Crippen molar-refractivity contribution in [3.63, 3.8) is 0 Å². The first-order valence-corrected chi connectivity index (χ1v) is 6.98. The second-order valence-corrected chi connectivity index (χ2v) is 5.35. The van der Waals surface area contributed by atoms with Gasteiger partial charge in [0.15, 0.2) is 0 Å². The van der Waals surface area contributed by atoms with Gasteiger partial charge in [-0.2, -0.15) is 0 Å².